The van der Waals surface area contributed by atoms with Gasteiger partial charge in [0.1, 0.15) is 0 Å². The number of anilines is 9. The molecule has 0 bridgehead atoms. The van der Waals surface area contributed by atoms with Crippen molar-refractivity contribution in [1.82, 2.24) is 0 Å². The molecule has 0 unspecified atom stereocenters. The van der Waals surface area contributed by atoms with Crippen LogP contribution in [-0.4, -0.2) is 0 Å². The highest BCUT2D eigenvalue weighted by Crippen LogP contribution is 2.59. The first-order valence-electron chi connectivity index (χ1n) is 31.9. The van der Waals surface area contributed by atoms with E-state index in [1.54, 1.807) is 0 Å². The van der Waals surface area contributed by atoms with Crippen LogP contribution in [0, 0.1) is 0 Å². The number of rotatable bonds is 12. The van der Waals surface area contributed by atoms with Crippen LogP contribution in [0.25, 0.3) is 98.4 Å². The lowest BCUT2D eigenvalue weighted by atomic mass is 9.81. The molecule has 17 rings (SSSR count). The summed E-state index contributed by atoms with van der Waals surface area (Å²) >= 11 is 0. The average Bonchev–Trinajstić information content (AvgIpc) is 1.22. The van der Waals surface area contributed by atoms with Gasteiger partial charge in [-0.2, -0.15) is 0 Å². The minimum absolute atomic E-state index is 0.469. The van der Waals surface area contributed by atoms with Gasteiger partial charge in [0, 0.05) is 65.5 Å². The summed E-state index contributed by atoms with van der Waals surface area (Å²) in [6, 6.07) is 128. The van der Waals surface area contributed by atoms with Crippen molar-refractivity contribution in [3.05, 3.63) is 357 Å². The summed E-state index contributed by atoms with van der Waals surface area (Å²) in [5.74, 6) is 0. The van der Waals surface area contributed by atoms with Gasteiger partial charge in [0.2, 0.25) is 0 Å². The van der Waals surface area contributed by atoms with Gasteiger partial charge in [0.05, 0.1) is 45.5 Å². The van der Waals surface area contributed by atoms with E-state index in [1.165, 1.54) is 54.7 Å². The van der Waals surface area contributed by atoms with Crippen LogP contribution >= 0.6 is 0 Å². The molecular weight excluding hydrogens is 1110 g/mol. The zero-order valence-electron chi connectivity index (χ0n) is 51.3. The van der Waals surface area contributed by atoms with E-state index in [1.807, 2.05) is 0 Å². The molecule has 0 heterocycles. The van der Waals surface area contributed by atoms with Crippen molar-refractivity contribution < 1.29 is 0 Å². The maximum absolute atomic E-state index is 2.60. The Kier molecular flexibility index (Phi) is 13.2. The number of fused-ring (bicyclic) bond motifs is 8. The van der Waals surface area contributed by atoms with E-state index in [0.717, 1.165) is 106 Å². The van der Waals surface area contributed by atoms with E-state index < -0.39 is 5.41 Å². The van der Waals surface area contributed by atoms with Crippen LogP contribution in [0.4, 0.5) is 51.2 Å². The lowest BCUT2D eigenvalue weighted by Crippen LogP contribution is -2.18. The minimum Gasteiger partial charge on any atom is -0.309 e. The molecule has 0 amide bonds. The van der Waals surface area contributed by atoms with Gasteiger partial charge in [-0.05, 0) is 116 Å². The van der Waals surface area contributed by atoms with E-state index in [9.17, 15) is 0 Å². The summed E-state index contributed by atoms with van der Waals surface area (Å²) in [5, 5.41) is 11.6. The van der Waals surface area contributed by atoms with Crippen molar-refractivity contribution in [3.8, 4) is 44.5 Å². The van der Waals surface area contributed by atoms with Gasteiger partial charge in [-0.1, -0.05) is 299 Å². The van der Waals surface area contributed by atoms with Crippen molar-refractivity contribution in [1.29, 1.82) is 0 Å². The molecule has 16 aromatic carbocycles. The molecule has 0 saturated carbocycles. The summed E-state index contributed by atoms with van der Waals surface area (Å²) < 4.78 is 0. The van der Waals surface area contributed by atoms with E-state index >= 15 is 0 Å². The van der Waals surface area contributed by atoms with Crippen LogP contribution in [0.2, 0.25) is 0 Å². The van der Waals surface area contributed by atoms with Crippen molar-refractivity contribution >= 4 is 105 Å². The SMILES string of the molecule is CC1(C)c2cc(N(c3ccccc3-c3ccccc3)c3cccc4ccccc34)ccc2-c2cc3c(N(c4ccccc4-c4ccccc4)c4cccc5ccccc45)c4ccccc4c(N(c4ccccc4-c4ccccc4)c4cccc5ccccc45)c3cc21. The Morgan fingerprint density at radius 3 is 0.957 bits per heavy atom. The van der Waals surface area contributed by atoms with Gasteiger partial charge in [-0.3, -0.25) is 0 Å². The molecule has 0 spiro atoms. The van der Waals surface area contributed by atoms with E-state index in [-0.39, 0.29) is 0 Å². The van der Waals surface area contributed by atoms with E-state index in [4.69, 9.17) is 0 Å². The summed E-state index contributed by atoms with van der Waals surface area (Å²) in [5.41, 5.74) is 21.4. The quantitative estimate of drug-likeness (QED) is 0.0892. The molecule has 1 aliphatic carbocycles. The van der Waals surface area contributed by atoms with Gasteiger partial charge >= 0.3 is 0 Å². The molecule has 0 aromatic heterocycles. The fraction of sp³-hybridized carbons (Fsp3) is 0.0337. The molecule has 92 heavy (non-hydrogen) atoms. The van der Waals surface area contributed by atoms with Gasteiger partial charge in [0.25, 0.3) is 0 Å². The largest absolute Gasteiger partial charge is 0.309 e. The highest BCUT2D eigenvalue weighted by atomic mass is 15.2. The number of hydrogen-bond donors (Lipinski definition) is 0. The van der Waals surface area contributed by atoms with E-state index in [0.29, 0.717) is 0 Å². The van der Waals surface area contributed by atoms with Gasteiger partial charge in [-0.25, -0.2) is 0 Å². The number of nitrogens with zero attached hydrogens (tertiary/aromatic N) is 3. The third-order valence-electron chi connectivity index (χ3n) is 19.2. The van der Waals surface area contributed by atoms with Gasteiger partial charge < -0.3 is 14.7 Å². The maximum atomic E-state index is 2.60. The lowest BCUT2D eigenvalue weighted by molar-refractivity contribution is 0.661. The topological polar surface area (TPSA) is 9.72 Å². The minimum atomic E-state index is -0.469. The number of para-hydroxylation sites is 3. The van der Waals surface area contributed by atoms with Crippen LogP contribution in [0.1, 0.15) is 25.0 Å². The Labute approximate surface area is 537 Å². The first-order chi connectivity index (χ1) is 45.5. The molecule has 0 aliphatic heterocycles. The summed E-state index contributed by atoms with van der Waals surface area (Å²) in [6.45, 7) is 4.89. The Hall–Kier alpha value is -11.8. The van der Waals surface area contributed by atoms with E-state index in [2.05, 4.69) is 374 Å². The molecular formula is C89H63N3. The molecule has 0 atom stereocenters. The van der Waals surface area contributed by atoms with Crippen LogP contribution in [0.5, 0.6) is 0 Å². The Morgan fingerprint density at radius 1 is 0.207 bits per heavy atom. The Bertz CT molecular complexity index is 5500. The van der Waals surface area contributed by atoms with Crippen molar-refractivity contribution in [2.45, 2.75) is 19.3 Å². The summed E-state index contributed by atoms with van der Waals surface area (Å²) in [6.07, 6.45) is 0. The first-order valence-corrected chi connectivity index (χ1v) is 31.9. The average molecular weight is 1170 g/mol. The predicted octanol–water partition coefficient (Wildman–Crippen LogP) is 25.2. The predicted molar refractivity (Wildman–Crippen MR) is 392 cm³/mol. The molecule has 0 N–H and O–H groups in total. The van der Waals surface area contributed by atoms with Crippen LogP contribution in [0.15, 0.2) is 346 Å². The molecule has 3 nitrogen and oxygen atoms in total. The Morgan fingerprint density at radius 2 is 0.522 bits per heavy atom. The maximum Gasteiger partial charge on any atom is 0.0620 e. The normalized spacial score (nSPS) is 12.3. The monoisotopic (exact) mass is 1170 g/mol. The summed E-state index contributed by atoms with van der Waals surface area (Å²) in [4.78, 5) is 7.70. The second kappa shape index (κ2) is 22.4. The molecule has 434 valence electrons. The third-order valence-corrected chi connectivity index (χ3v) is 19.2. The van der Waals surface area contributed by atoms with Crippen molar-refractivity contribution in [2.75, 3.05) is 14.7 Å². The van der Waals surface area contributed by atoms with Crippen LogP contribution < -0.4 is 14.7 Å². The standard InChI is InChI=1S/C89H63N3/c1-89(2)79-57-66(90(82-52-26-38-63-35-12-15-41-68(63)82)81-49-23-20-44-67(81)60-29-6-3-7-30-60)55-56-73(79)76-58-77-78(59-80(76)89)88(92(86-54-28-40-65-37-14-17-43-72(65)86)84-51-25-22-46-70(84)62-33-10-5-11-34-62)75-48-19-18-47-74(75)87(77)91(85-53-27-39-64-36-13-16-42-71(64)85)83-50-24-21-45-69(83)61-31-8-4-9-32-61/h3-59H,1-2H3. The molecule has 0 saturated heterocycles. The molecule has 16 aromatic rings. The van der Waals surface area contributed by atoms with Crippen LogP contribution in [0.3, 0.4) is 0 Å². The second-order valence-corrected chi connectivity index (χ2v) is 24.7. The van der Waals surface area contributed by atoms with Crippen molar-refractivity contribution in [2.24, 2.45) is 0 Å². The Balaban J connectivity index is 1.01. The summed E-state index contributed by atoms with van der Waals surface area (Å²) in [7, 11) is 0. The van der Waals surface area contributed by atoms with Crippen molar-refractivity contribution in [3.63, 3.8) is 0 Å². The van der Waals surface area contributed by atoms with Gasteiger partial charge in [0.15, 0.2) is 0 Å². The zero-order chi connectivity index (χ0) is 61.3. The fourth-order valence-corrected chi connectivity index (χ4v) is 14.9. The highest BCUT2D eigenvalue weighted by molar-refractivity contribution is 6.26. The lowest BCUT2D eigenvalue weighted by Gasteiger charge is -2.35. The smallest absolute Gasteiger partial charge is 0.0620 e. The van der Waals surface area contributed by atoms with Gasteiger partial charge in [-0.15, -0.1) is 0 Å². The number of hydrogen-bond acceptors (Lipinski definition) is 3. The third kappa shape index (κ3) is 8.96. The number of benzene rings is 16. The molecule has 0 fully saturated rings. The fourth-order valence-electron chi connectivity index (χ4n) is 14.9. The molecule has 1 aliphatic rings. The first kappa shape index (κ1) is 54.4. The highest BCUT2D eigenvalue weighted by Gasteiger charge is 2.39. The zero-order valence-corrected chi connectivity index (χ0v) is 51.3. The van der Waals surface area contributed by atoms with Crippen LogP contribution in [-0.2, 0) is 5.41 Å². The molecule has 3 heteroatoms. The second-order valence-electron chi connectivity index (χ2n) is 24.7. The molecule has 0 radical (unpaired) electrons.